The van der Waals surface area contributed by atoms with Crippen molar-refractivity contribution in [3.05, 3.63) is 24.4 Å². The molecule has 0 aliphatic carbocycles. The predicted molar refractivity (Wildman–Crippen MR) is 80.2 cm³/mol. The number of hydrogen-bond donors (Lipinski definition) is 2. The molecule has 1 amide bonds. The Bertz CT molecular complexity index is 454. The van der Waals surface area contributed by atoms with Crippen molar-refractivity contribution >= 4 is 11.7 Å². The third-order valence-corrected chi connectivity index (χ3v) is 4.03. The molecule has 1 aromatic rings. The van der Waals surface area contributed by atoms with Gasteiger partial charge in [-0.25, -0.2) is 4.98 Å². The fourth-order valence-corrected chi connectivity index (χ4v) is 2.82. The zero-order valence-corrected chi connectivity index (χ0v) is 12.1. The lowest BCUT2D eigenvalue weighted by atomic mass is 10.0. The van der Waals surface area contributed by atoms with Crippen LogP contribution in [0.5, 0.6) is 0 Å². The lowest BCUT2D eigenvalue weighted by Crippen LogP contribution is -2.52. The molecule has 0 unspecified atom stereocenters. The maximum Gasteiger partial charge on any atom is 0.250 e. The third-order valence-electron chi connectivity index (χ3n) is 4.03. The predicted octanol–water partition coefficient (Wildman–Crippen LogP) is 0.155. The van der Waals surface area contributed by atoms with Gasteiger partial charge in [-0.1, -0.05) is 6.07 Å². The first-order chi connectivity index (χ1) is 10.3. The number of anilines is 1. The zero-order valence-electron chi connectivity index (χ0n) is 12.1. The molecule has 0 bridgehead atoms. The minimum absolute atomic E-state index is 0.0125. The number of carbonyl (C=O) groups is 1. The van der Waals surface area contributed by atoms with Gasteiger partial charge in [0.2, 0.25) is 0 Å². The van der Waals surface area contributed by atoms with Gasteiger partial charge in [0.05, 0.1) is 6.61 Å². The van der Waals surface area contributed by atoms with Crippen molar-refractivity contribution in [2.24, 2.45) is 0 Å². The molecule has 0 radical (unpaired) electrons. The monoisotopic (exact) mass is 290 g/mol. The molecule has 2 N–H and O–H groups in total. The number of nitrogens with zero attached hydrogens (tertiary/aromatic N) is 2. The standard InChI is InChI=1S/C15H22N4O2/c20-15(13-11-16-7-10-21-13)18-12-4-8-19(9-5-12)14-3-1-2-6-17-14/h1-3,6,12-13,16H,4-5,7-11H2,(H,18,20)/t13-/m1/s1. The van der Waals surface area contributed by atoms with Gasteiger partial charge in [0.25, 0.3) is 5.91 Å². The van der Waals surface area contributed by atoms with Crippen molar-refractivity contribution in [3.63, 3.8) is 0 Å². The van der Waals surface area contributed by atoms with E-state index in [0.29, 0.717) is 13.2 Å². The number of nitrogens with one attached hydrogen (secondary N) is 2. The first-order valence-corrected chi connectivity index (χ1v) is 7.61. The Kier molecular flexibility index (Phi) is 4.67. The summed E-state index contributed by atoms with van der Waals surface area (Å²) in [7, 11) is 0. The molecular formula is C15H22N4O2. The molecule has 114 valence electrons. The van der Waals surface area contributed by atoms with Crippen molar-refractivity contribution in [3.8, 4) is 0 Å². The Balaban J connectivity index is 1.46. The highest BCUT2D eigenvalue weighted by atomic mass is 16.5. The highest BCUT2D eigenvalue weighted by Crippen LogP contribution is 2.17. The van der Waals surface area contributed by atoms with Gasteiger partial charge >= 0.3 is 0 Å². The van der Waals surface area contributed by atoms with Crippen LogP contribution in [0.1, 0.15) is 12.8 Å². The van der Waals surface area contributed by atoms with Gasteiger partial charge in [0.1, 0.15) is 11.9 Å². The molecule has 2 aliphatic heterocycles. The average Bonchev–Trinajstić information content (AvgIpc) is 2.57. The molecule has 3 rings (SSSR count). The van der Waals surface area contributed by atoms with Gasteiger partial charge in [0.15, 0.2) is 0 Å². The van der Waals surface area contributed by atoms with Crippen LogP contribution in [0.3, 0.4) is 0 Å². The summed E-state index contributed by atoms with van der Waals surface area (Å²) in [5.41, 5.74) is 0. The van der Waals surface area contributed by atoms with Crippen LogP contribution < -0.4 is 15.5 Å². The Morgan fingerprint density at radius 1 is 1.38 bits per heavy atom. The van der Waals surface area contributed by atoms with Crippen LogP contribution >= 0.6 is 0 Å². The van der Waals surface area contributed by atoms with Crippen LogP contribution in [-0.4, -0.2) is 55.8 Å². The van der Waals surface area contributed by atoms with E-state index in [1.165, 1.54) is 0 Å². The van der Waals surface area contributed by atoms with E-state index in [9.17, 15) is 4.79 Å². The normalized spacial score (nSPS) is 23.8. The van der Waals surface area contributed by atoms with E-state index in [2.05, 4.69) is 20.5 Å². The third kappa shape index (κ3) is 3.71. The van der Waals surface area contributed by atoms with Crippen LogP contribution in [0.15, 0.2) is 24.4 Å². The molecule has 0 saturated carbocycles. The van der Waals surface area contributed by atoms with Crippen LogP contribution in [0, 0.1) is 0 Å². The summed E-state index contributed by atoms with van der Waals surface area (Å²) in [6.07, 6.45) is 3.37. The molecule has 1 atom stereocenters. The number of piperidine rings is 1. The second-order valence-corrected chi connectivity index (χ2v) is 5.52. The summed E-state index contributed by atoms with van der Waals surface area (Å²) < 4.78 is 5.48. The molecule has 0 aromatic carbocycles. The lowest BCUT2D eigenvalue weighted by Gasteiger charge is -2.34. The molecule has 1 aromatic heterocycles. The first kappa shape index (κ1) is 14.3. The number of morpholine rings is 1. The molecule has 6 nitrogen and oxygen atoms in total. The van der Waals surface area contributed by atoms with E-state index in [-0.39, 0.29) is 18.1 Å². The van der Waals surface area contributed by atoms with E-state index in [0.717, 1.165) is 38.3 Å². The van der Waals surface area contributed by atoms with E-state index < -0.39 is 0 Å². The van der Waals surface area contributed by atoms with Crippen LogP contribution in [0.4, 0.5) is 5.82 Å². The minimum atomic E-state index is -0.340. The minimum Gasteiger partial charge on any atom is -0.366 e. The van der Waals surface area contributed by atoms with Crippen LogP contribution in [-0.2, 0) is 9.53 Å². The topological polar surface area (TPSA) is 66.5 Å². The van der Waals surface area contributed by atoms with Crippen molar-refractivity contribution in [2.75, 3.05) is 37.7 Å². The van der Waals surface area contributed by atoms with Gasteiger partial charge in [-0.2, -0.15) is 0 Å². The highest BCUT2D eigenvalue weighted by molar-refractivity contribution is 5.81. The average molecular weight is 290 g/mol. The van der Waals surface area contributed by atoms with Gasteiger partial charge in [0, 0.05) is 38.4 Å². The largest absolute Gasteiger partial charge is 0.366 e. The molecule has 2 fully saturated rings. The number of amides is 1. The zero-order chi connectivity index (χ0) is 14.5. The number of ether oxygens (including phenoxy) is 1. The van der Waals surface area contributed by atoms with Crippen molar-refractivity contribution in [1.29, 1.82) is 0 Å². The summed E-state index contributed by atoms with van der Waals surface area (Å²) in [6, 6.07) is 6.20. The summed E-state index contributed by atoms with van der Waals surface area (Å²) in [4.78, 5) is 18.8. The maximum atomic E-state index is 12.1. The molecular weight excluding hydrogens is 268 g/mol. The number of rotatable bonds is 3. The van der Waals surface area contributed by atoms with E-state index in [1.54, 1.807) is 0 Å². The molecule has 2 aliphatic rings. The Morgan fingerprint density at radius 2 is 2.24 bits per heavy atom. The van der Waals surface area contributed by atoms with Crippen molar-refractivity contribution < 1.29 is 9.53 Å². The molecule has 21 heavy (non-hydrogen) atoms. The first-order valence-electron chi connectivity index (χ1n) is 7.61. The van der Waals surface area contributed by atoms with Crippen molar-refractivity contribution in [1.82, 2.24) is 15.6 Å². The Morgan fingerprint density at radius 3 is 2.90 bits per heavy atom. The molecule has 2 saturated heterocycles. The van der Waals surface area contributed by atoms with Crippen LogP contribution in [0.25, 0.3) is 0 Å². The van der Waals surface area contributed by atoms with Crippen molar-refractivity contribution in [2.45, 2.75) is 25.0 Å². The summed E-state index contributed by atoms with van der Waals surface area (Å²) in [5, 5.41) is 6.29. The molecule has 0 spiro atoms. The second kappa shape index (κ2) is 6.87. The number of pyridine rings is 1. The van der Waals surface area contributed by atoms with Gasteiger partial charge in [-0.05, 0) is 25.0 Å². The summed E-state index contributed by atoms with van der Waals surface area (Å²) in [6.45, 7) is 3.89. The summed E-state index contributed by atoms with van der Waals surface area (Å²) >= 11 is 0. The van der Waals surface area contributed by atoms with E-state index >= 15 is 0 Å². The van der Waals surface area contributed by atoms with Gasteiger partial charge < -0.3 is 20.3 Å². The smallest absolute Gasteiger partial charge is 0.250 e. The molecule has 3 heterocycles. The van der Waals surface area contributed by atoms with Gasteiger partial charge in [-0.3, -0.25) is 4.79 Å². The quantitative estimate of drug-likeness (QED) is 0.830. The lowest BCUT2D eigenvalue weighted by molar-refractivity contribution is -0.135. The van der Waals surface area contributed by atoms with E-state index in [1.807, 2.05) is 24.4 Å². The van der Waals surface area contributed by atoms with Crippen LogP contribution in [0.2, 0.25) is 0 Å². The Labute approximate surface area is 124 Å². The number of hydrogen-bond acceptors (Lipinski definition) is 5. The fraction of sp³-hybridized carbons (Fsp3) is 0.600. The Hall–Kier alpha value is -1.66. The van der Waals surface area contributed by atoms with E-state index in [4.69, 9.17) is 4.74 Å². The second-order valence-electron chi connectivity index (χ2n) is 5.52. The number of aromatic nitrogens is 1. The maximum absolute atomic E-state index is 12.1. The highest BCUT2D eigenvalue weighted by Gasteiger charge is 2.26. The number of carbonyl (C=O) groups excluding carboxylic acids is 1. The fourth-order valence-electron chi connectivity index (χ4n) is 2.82. The SMILES string of the molecule is O=C(NC1CCN(c2ccccn2)CC1)[C@H]1CNCCO1. The summed E-state index contributed by atoms with van der Waals surface area (Å²) in [5.74, 6) is 1.03. The molecule has 6 heteroatoms. The van der Waals surface area contributed by atoms with Gasteiger partial charge in [-0.15, -0.1) is 0 Å².